The largest absolute Gasteiger partial charge is 0.373 e. The maximum atomic E-state index is 5.65. The lowest BCUT2D eigenvalue weighted by Gasteiger charge is -2.02. The molecular formula is C20H34O. The maximum absolute atomic E-state index is 5.65. The zero-order valence-corrected chi connectivity index (χ0v) is 15.0. The molecule has 1 heteroatoms. The van der Waals surface area contributed by atoms with Gasteiger partial charge in [-0.15, -0.1) is 0 Å². The van der Waals surface area contributed by atoms with Crippen molar-refractivity contribution < 1.29 is 4.74 Å². The lowest BCUT2D eigenvalue weighted by Crippen LogP contribution is -1.93. The summed E-state index contributed by atoms with van der Waals surface area (Å²) in [6.07, 6.45) is 13.5. The molecule has 0 rings (SSSR count). The molecule has 0 aromatic rings. The van der Waals surface area contributed by atoms with Crippen molar-refractivity contribution in [2.45, 2.75) is 67.2 Å². The van der Waals surface area contributed by atoms with Crippen molar-refractivity contribution in [3.8, 4) is 0 Å². The first-order chi connectivity index (χ1) is 9.91. The van der Waals surface area contributed by atoms with Gasteiger partial charge in [0, 0.05) is 0 Å². The summed E-state index contributed by atoms with van der Waals surface area (Å²) in [6, 6.07) is 0. The van der Waals surface area contributed by atoms with Gasteiger partial charge >= 0.3 is 0 Å². The van der Waals surface area contributed by atoms with E-state index in [9.17, 15) is 0 Å². The number of ether oxygens (including phenoxy) is 1. The van der Waals surface area contributed by atoms with E-state index >= 15 is 0 Å². The summed E-state index contributed by atoms with van der Waals surface area (Å²) in [7, 11) is 0. The fourth-order valence-corrected chi connectivity index (χ4v) is 1.85. The second kappa shape index (κ2) is 12.6. The van der Waals surface area contributed by atoms with Crippen LogP contribution in [0, 0.1) is 0 Å². The van der Waals surface area contributed by atoms with Crippen LogP contribution in [0.4, 0.5) is 0 Å². The van der Waals surface area contributed by atoms with E-state index in [1.54, 1.807) is 0 Å². The van der Waals surface area contributed by atoms with Crippen LogP contribution >= 0.6 is 0 Å². The molecule has 0 atom stereocenters. The Hall–Kier alpha value is -1.08. The smallest absolute Gasteiger partial charge is 0.0654 e. The van der Waals surface area contributed by atoms with E-state index in [0.717, 1.165) is 38.9 Å². The van der Waals surface area contributed by atoms with Gasteiger partial charge in [0.15, 0.2) is 0 Å². The summed E-state index contributed by atoms with van der Waals surface area (Å²) in [5.74, 6) is 0. The Bertz CT molecular complexity index is 348. The molecule has 0 amide bonds. The highest BCUT2D eigenvalue weighted by molar-refractivity contribution is 5.03. The fraction of sp³-hybridized carbons (Fsp3) is 0.600. The van der Waals surface area contributed by atoms with Crippen molar-refractivity contribution in [2.75, 3.05) is 13.2 Å². The summed E-state index contributed by atoms with van der Waals surface area (Å²) in [5, 5.41) is 0. The quantitative estimate of drug-likeness (QED) is 0.334. The van der Waals surface area contributed by atoms with Crippen LogP contribution in [0.3, 0.4) is 0 Å². The van der Waals surface area contributed by atoms with E-state index in [1.807, 2.05) is 0 Å². The van der Waals surface area contributed by atoms with E-state index in [2.05, 4.69) is 65.8 Å². The maximum Gasteiger partial charge on any atom is 0.0654 e. The van der Waals surface area contributed by atoms with Crippen molar-refractivity contribution in [1.82, 2.24) is 0 Å². The van der Waals surface area contributed by atoms with Crippen molar-refractivity contribution >= 4 is 0 Å². The summed E-state index contributed by atoms with van der Waals surface area (Å²) in [4.78, 5) is 0. The van der Waals surface area contributed by atoms with Gasteiger partial charge in [0.2, 0.25) is 0 Å². The minimum Gasteiger partial charge on any atom is -0.373 e. The average molecular weight is 290 g/mol. The monoisotopic (exact) mass is 290 g/mol. The van der Waals surface area contributed by atoms with Crippen LogP contribution in [-0.2, 0) is 4.74 Å². The van der Waals surface area contributed by atoms with E-state index in [4.69, 9.17) is 4.74 Å². The third kappa shape index (κ3) is 15.1. The van der Waals surface area contributed by atoms with E-state index < -0.39 is 0 Å². The van der Waals surface area contributed by atoms with Gasteiger partial charge in [-0.3, -0.25) is 0 Å². The van der Waals surface area contributed by atoms with Crippen LogP contribution in [0.25, 0.3) is 0 Å². The lowest BCUT2D eigenvalue weighted by atomic mass is 10.1. The van der Waals surface area contributed by atoms with Crippen molar-refractivity contribution in [1.29, 1.82) is 0 Å². The standard InChI is InChI=1S/C20H34O/c1-17(2)9-7-11-19(5)13-15-21-16-14-20(6)12-8-10-18(3)4/h9-10,13-14H,7-8,11-12,15-16H2,1-6H3. The average Bonchev–Trinajstić information content (AvgIpc) is 2.37. The van der Waals surface area contributed by atoms with Gasteiger partial charge < -0.3 is 4.74 Å². The highest BCUT2D eigenvalue weighted by Crippen LogP contribution is 2.08. The number of hydrogen-bond acceptors (Lipinski definition) is 1. The molecule has 0 unspecified atom stereocenters. The van der Waals surface area contributed by atoms with Crippen LogP contribution in [0.5, 0.6) is 0 Å². The predicted molar refractivity (Wildman–Crippen MR) is 95.7 cm³/mol. The fourth-order valence-electron chi connectivity index (χ4n) is 1.85. The first kappa shape index (κ1) is 19.9. The summed E-state index contributed by atoms with van der Waals surface area (Å²) in [5.41, 5.74) is 5.62. The topological polar surface area (TPSA) is 9.23 Å². The van der Waals surface area contributed by atoms with E-state index in [1.165, 1.54) is 22.3 Å². The molecule has 0 aromatic heterocycles. The van der Waals surface area contributed by atoms with Crippen LogP contribution < -0.4 is 0 Å². The van der Waals surface area contributed by atoms with Gasteiger partial charge in [0.25, 0.3) is 0 Å². The minimum absolute atomic E-state index is 0.721. The second-order valence-corrected chi connectivity index (χ2v) is 6.28. The molecule has 0 bridgehead atoms. The van der Waals surface area contributed by atoms with Gasteiger partial charge in [-0.05, 0) is 67.2 Å². The van der Waals surface area contributed by atoms with Crippen molar-refractivity contribution in [2.24, 2.45) is 0 Å². The van der Waals surface area contributed by atoms with Gasteiger partial charge in [0.05, 0.1) is 13.2 Å². The first-order valence-electron chi connectivity index (χ1n) is 8.07. The van der Waals surface area contributed by atoms with Crippen molar-refractivity contribution in [3.05, 3.63) is 46.6 Å². The molecule has 0 saturated carbocycles. The molecule has 21 heavy (non-hydrogen) atoms. The predicted octanol–water partition coefficient (Wildman–Crippen LogP) is 6.39. The minimum atomic E-state index is 0.721. The number of hydrogen-bond donors (Lipinski definition) is 0. The molecule has 0 aliphatic rings. The van der Waals surface area contributed by atoms with E-state index in [0.29, 0.717) is 0 Å². The highest BCUT2D eigenvalue weighted by Gasteiger charge is 1.91. The summed E-state index contributed by atoms with van der Waals surface area (Å²) >= 11 is 0. The Kier molecular flexibility index (Phi) is 12.0. The molecule has 0 heterocycles. The highest BCUT2D eigenvalue weighted by atomic mass is 16.5. The Morgan fingerprint density at radius 1 is 0.619 bits per heavy atom. The first-order valence-corrected chi connectivity index (χ1v) is 8.07. The molecule has 0 fully saturated rings. The molecule has 0 aliphatic heterocycles. The molecule has 0 radical (unpaired) electrons. The van der Waals surface area contributed by atoms with Gasteiger partial charge in [-0.25, -0.2) is 0 Å². The van der Waals surface area contributed by atoms with Gasteiger partial charge in [-0.1, -0.05) is 46.6 Å². The summed E-state index contributed by atoms with van der Waals surface area (Å²) < 4.78 is 5.65. The van der Waals surface area contributed by atoms with Crippen LogP contribution in [0.15, 0.2) is 46.6 Å². The number of rotatable bonds is 10. The SMILES string of the molecule is CC(C)=CCCC(C)=CCOCC=C(C)CCC=C(C)C. The van der Waals surface area contributed by atoms with Crippen LogP contribution in [0.1, 0.15) is 67.2 Å². The Morgan fingerprint density at radius 3 is 1.33 bits per heavy atom. The van der Waals surface area contributed by atoms with E-state index in [-0.39, 0.29) is 0 Å². The summed E-state index contributed by atoms with van der Waals surface area (Å²) in [6.45, 7) is 14.4. The van der Waals surface area contributed by atoms with Crippen molar-refractivity contribution in [3.63, 3.8) is 0 Å². The molecule has 0 saturated heterocycles. The number of allylic oxidation sites excluding steroid dienone is 6. The van der Waals surface area contributed by atoms with Gasteiger partial charge in [0.1, 0.15) is 0 Å². The second-order valence-electron chi connectivity index (χ2n) is 6.28. The van der Waals surface area contributed by atoms with Crippen LogP contribution in [0.2, 0.25) is 0 Å². The third-order valence-electron chi connectivity index (χ3n) is 3.28. The molecule has 0 aromatic carbocycles. The third-order valence-corrected chi connectivity index (χ3v) is 3.28. The molecule has 0 N–H and O–H groups in total. The molecular weight excluding hydrogens is 256 g/mol. The lowest BCUT2D eigenvalue weighted by molar-refractivity contribution is 0.192. The molecule has 120 valence electrons. The molecule has 0 spiro atoms. The Morgan fingerprint density at radius 2 is 1.00 bits per heavy atom. The Labute approximate surface area is 132 Å². The zero-order chi connectivity index (χ0) is 16.1. The Balaban J connectivity index is 3.78. The van der Waals surface area contributed by atoms with Gasteiger partial charge in [-0.2, -0.15) is 0 Å². The molecule has 0 aliphatic carbocycles. The zero-order valence-electron chi connectivity index (χ0n) is 15.0. The van der Waals surface area contributed by atoms with Crippen LogP contribution in [-0.4, -0.2) is 13.2 Å². The molecule has 1 nitrogen and oxygen atoms in total. The normalized spacial score (nSPS) is 12.3.